The molecule has 1 aromatic heterocycles. The molecule has 2 aromatic rings. The standard InChI is InChI=1S/C10H10N4/c11-12-7-9-6-10(14-13-9)8-4-2-1-3-5-8/h1-7H,11H2,(H,13,14). The van der Waals surface area contributed by atoms with Gasteiger partial charge in [0.1, 0.15) is 0 Å². The Balaban J connectivity index is 2.34. The van der Waals surface area contributed by atoms with Gasteiger partial charge >= 0.3 is 0 Å². The monoisotopic (exact) mass is 186 g/mol. The highest BCUT2D eigenvalue weighted by atomic mass is 15.1. The van der Waals surface area contributed by atoms with Crippen LogP contribution in [0.1, 0.15) is 5.69 Å². The summed E-state index contributed by atoms with van der Waals surface area (Å²) < 4.78 is 0. The molecule has 70 valence electrons. The van der Waals surface area contributed by atoms with E-state index in [0.717, 1.165) is 17.0 Å². The minimum atomic E-state index is 0.798. The van der Waals surface area contributed by atoms with E-state index in [1.165, 1.54) is 6.21 Å². The summed E-state index contributed by atoms with van der Waals surface area (Å²) in [5.74, 6) is 5.03. The highest BCUT2D eigenvalue weighted by molar-refractivity contribution is 5.79. The molecule has 1 heterocycles. The second-order valence-corrected chi connectivity index (χ2v) is 2.85. The van der Waals surface area contributed by atoms with E-state index < -0.39 is 0 Å². The Morgan fingerprint density at radius 3 is 2.79 bits per heavy atom. The topological polar surface area (TPSA) is 67.1 Å². The van der Waals surface area contributed by atoms with Crippen LogP contribution < -0.4 is 5.84 Å². The van der Waals surface area contributed by atoms with E-state index in [1.807, 2.05) is 36.4 Å². The molecular formula is C10H10N4. The van der Waals surface area contributed by atoms with Crippen molar-refractivity contribution in [3.63, 3.8) is 0 Å². The fourth-order valence-corrected chi connectivity index (χ4v) is 1.24. The Hall–Kier alpha value is -2.10. The van der Waals surface area contributed by atoms with Crippen LogP contribution in [-0.4, -0.2) is 16.4 Å². The zero-order valence-electron chi connectivity index (χ0n) is 7.51. The van der Waals surface area contributed by atoms with Crippen LogP contribution in [0.25, 0.3) is 11.3 Å². The number of nitrogens with zero attached hydrogens (tertiary/aromatic N) is 2. The maximum absolute atomic E-state index is 5.03. The molecule has 0 bridgehead atoms. The molecule has 0 amide bonds. The van der Waals surface area contributed by atoms with Crippen molar-refractivity contribution in [2.45, 2.75) is 0 Å². The Morgan fingerprint density at radius 2 is 2.07 bits per heavy atom. The SMILES string of the molecule is NN=Cc1cc(-c2ccccc2)n[nH]1. The van der Waals surface area contributed by atoms with Gasteiger partial charge in [0, 0.05) is 5.56 Å². The van der Waals surface area contributed by atoms with E-state index in [4.69, 9.17) is 5.84 Å². The van der Waals surface area contributed by atoms with Gasteiger partial charge in [0.2, 0.25) is 0 Å². The number of H-pyrrole nitrogens is 1. The van der Waals surface area contributed by atoms with Crippen molar-refractivity contribution >= 4 is 6.21 Å². The third kappa shape index (κ3) is 1.64. The quantitative estimate of drug-likeness (QED) is 0.422. The van der Waals surface area contributed by atoms with Gasteiger partial charge < -0.3 is 5.84 Å². The summed E-state index contributed by atoms with van der Waals surface area (Å²) in [5, 5.41) is 10.4. The van der Waals surface area contributed by atoms with Gasteiger partial charge in [0.05, 0.1) is 17.6 Å². The molecule has 14 heavy (non-hydrogen) atoms. The lowest BCUT2D eigenvalue weighted by Gasteiger charge is -1.92. The molecular weight excluding hydrogens is 176 g/mol. The first kappa shape index (κ1) is 8.50. The molecule has 1 aromatic carbocycles. The Labute approximate surface area is 81.5 Å². The molecule has 0 unspecified atom stereocenters. The van der Waals surface area contributed by atoms with Gasteiger partial charge in [0.15, 0.2) is 0 Å². The van der Waals surface area contributed by atoms with Gasteiger partial charge in [-0.05, 0) is 6.07 Å². The lowest BCUT2D eigenvalue weighted by Crippen LogP contribution is -1.85. The van der Waals surface area contributed by atoms with Crippen LogP contribution >= 0.6 is 0 Å². The summed E-state index contributed by atoms with van der Waals surface area (Å²) in [6.07, 6.45) is 1.53. The first-order valence-corrected chi connectivity index (χ1v) is 4.24. The first-order valence-electron chi connectivity index (χ1n) is 4.24. The normalized spacial score (nSPS) is 10.9. The lowest BCUT2D eigenvalue weighted by molar-refractivity contribution is 1.08. The molecule has 0 saturated heterocycles. The van der Waals surface area contributed by atoms with E-state index in [-0.39, 0.29) is 0 Å². The van der Waals surface area contributed by atoms with Gasteiger partial charge in [-0.25, -0.2) is 0 Å². The number of aromatic amines is 1. The molecule has 0 spiro atoms. The molecule has 2 rings (SSSR count). The number of rotatable bonds is 2. The molecule has 0 aliphatic heterocycles. The molecule has 0 saturated carbocycles. The molecule has 4 heteroatoms. The number of nitrogens with two attached hydrogens (primary N) is 1. The van der Waals surface area contributed by atoms with Gasteiger partial charge in [-0.15, -0.1) is 0 Å². The maximum Gasteiger partial charge on any atom is 0.0927 e. The highest BCUT2D eigenvalue weighted by Crippen LogP contribution is 2.15. The summed E-state index contributed by atoms with van der Waals surface area (Å²) in [4.78, 5) is 0. The van der Waals surface area contributed by atoms with E-state index >= 15 is 0 Å². The number of nitrogens with one attached hydrogen (secondary N) is 1. The van der Waals surface area contributed by atoms with Crippen molar-refractivity contribution in [2.75, 3.05) is 0 Å². The minimum Gasteiger partial charge on any atom is -0.323 e. The van der Waals surface area contributed by atoms with Crippen molar-refractivity contribution in [3.05, 3.63) is 42.1 Å². The number of hydrogen-bond donors (Lipinski definition) is 2. The lowest BCUT2D eigenvalue weighted by atomic mass is 10.1. The fourth-order valence-electron chi connectivity index (χ4n) is 1.24. The summed E-state index contributed by atoms with van der Waals surface area (Å²) in [6.45, 7) is 0. The van der Waals surface area contributed by atoms with E-state index in [2.05, 4.69) is 15.3 Å². The largest absolute Gasteiger partial charge is 0.323 e. The molecule has 4 nitrogen and oxygen atoms in total. The van der Waals surface area contributed by atoms with E-state index in [1.54, 1.807) is 0 Å². The van der Waals surface area contributed by atoms with Crippen LogP contribution in [0.4, 0.5) is 0 Å². The molecule has 0 aliphatic rings. The van der Waals surface area contributed by atoms with Crippen molar-refractivity contribution in [3.8, 4) is 11.3 Å². The smallest absolute Gasteiger partial charge is 0.0927 e. The minimum absolute atomic E-state index is 0.798. The summed E-state index contributed by atoms with van der Waals surface area (Å²) in [5.41, 5.74) is 2.76. The van der Waals surface area contributed by atoms with Gasteiger partial charge in [-0.2, -0.15) is 10.2 Å². The maximum atomic E-state index is 5.03. The van der Waals surface area contributed by atoms with Crippen LogP contribution in [0.2, 0.25) is 0 Å². The van der Waals surface area contributed by atoms with Crippen LogP contribution in [-0.2, 0) is 0 Å². The Kier molecular flexibility index (Phi) is 2.27. The third-order valence-electron chi connectivity index (χ3n) is 1.88. The summed E-state index contributed by atoms with van der Waals surface area (Å²) >= 11 is 0. The van der Waals surface area contributed by atoms with Crippen LogP contribution in [0, 0.1) is 0 Å². The Morgan fingerprint density at radius 1 is 1.29 bits per heavy atom. The highest BCUT2D eigenvalue weighted by Gasteiger charge is 2.00. The first-order chi connectivity index (χ1) is 6.90. The summed E-state index contributed by atoms with van der Waals surface area (Å²) in [7, 11) is 0. The van der Waals surface area contributed by atoms with Crippen LogP contribution in [0.15, 0.2) is 41.5 Å². The van der Waals surface area contributed by atoms with Gasteiger partial charge in [-0.1, -0.05) is 30.3 Å². The second kappa shape index (κ2) is 3.74. The average Bonchev–Trinajstić information content (AvgIpc) is 2.68. The van der Waals surface area contributed by atoms with Crippen LogP contribution in [0.5, 0.6) is 0 Å². The second-order valence-electron chi connectivity index (χ2n) is 2.85. The van der Waals surface area contributed by atoms with Gasteiger partial charge in [-0.3, -0.25) is 5.10 Å². The van der Waals surface area contributed by atoms with Crippen molar-refractivity contribution in [1.29, 1.82) is 0 Å². The number of aromatic nitrogens is 2. The molecule has 0 atom stereocenters. The Bertz CT molecular complexity index is 430. The van der Waals surface area contributed by atoms with E-state index in [9.17, 15) is 0 Å². The zero-order chi connectivity index (χ0) is 9.80. The third-order valence-corrected chi connectivity index (χ3v) is 1.88. The number of hydrazone groups is 1. The van der Waals surface area contributed by atoms with Crippen molar-refractivity contribution < 1.29 is 0 Å². The van der Waals surface area contributed by atoms with Gasteiger partial charge in [0.25, 0.3) is 0 Å². The van der Waals surface area contributed by atoms with Crippen LogP contribution in [0.3, 0.4) is 0 Å². The average molecular weight is 186 g/mol. The summed E-state index contributed by atoms with van der Waals surface area (Å²) in [6, 6.07) is 11.8. The number of hydrogen-bond acceptors (Lipinski definition) is 3. The molecule has 0 fully saturated rings. The van der Waals surface area contributed by atoms with Crippen molar-refractivity contribution in [2.24, 2.45) is 10.9 Å². The predicted octanol–water partition coefficient (Wildman–Crippen LogP) is 1.37. The zero-order valence-corrected chi connectivity index (χ0v) is 7.51. The van der Waals surface area contributed by atoms with E-state index in [0.29, 0.717) is 0 Å². The fraction of sp³-hybridized carbons (Fsp3) is 0. The molecule has 3 N–H and O–H groups in total. The van der Waals surface area contributed by atoms with Crippen molar-refractivity contribution in [1.82, 2.24) is 10.2 Å². The number of benzene rings is 1. The molecule has 0 radical (unpaired) electrons. The molecule has 0 aliphatic carbocycles. The predicted molar refractivity (Wildman–Crippen MR) is 55.8 cm³/mol.